The number of rotatable bonds is 9. The van der Waals surface area contributed by atoms with Gasteiger partial charge in [-0.3, -0.25) is 9.69 Å². The lowest BCUT2D eigenvalue weighted by molar-refractivity contribution is -0.120. The highest BCUT2D eigenvalue weighted by Crippen LogP contribution is 2.17. The van der Waals surface area contributed by atoms with E-state index in [1.54, 1.807) is 0 Å². The standard InChI is InChI=1S/C20H32N2O2/c1-4-24-19-9-7-17(8-10-19)14-20(23)21-15-18(13-16(2)3)22-11-5-6-12-22/h7-10,16,18H,4-6,11-15H2,1-3H3,(H,21,23). The van der Waals surface area contributed by atoms with E-state index >= 15 is 0 Å². The third kappa shape index (κ3) is 6.16. The third-order valence-electron chi connectivity index (χ3n) is 4.53. The van der Waals surface area contributed by atoms with Crippen LogP contribution in [0, 0.1) is 5.92 Å². The largest absolute Gasteiger partial charge is 0.494 e. The molecule has 1 amide bonds. The third-order valence-corrected chi connectivity index (χ3v) is 4.53. The maximum Gasteiger partial charge on any atom is 0.224 e. The molecule has 2 rings (SSSR count). The summed E-state index contributed by atoms with van der Waals surface area (Å²) in [7, 11) is 0. The van der Waals surface area contributed by atoms with Crippen LogP contribution in [0.3, 0.4) is 0 Å². The number of nitrogens with zero attached hydrogens (tertiary/aromatic N) is 1. The molecule has 1 saturated heterocycles. The van der Waals surface area contributed by atoms with Crippen LogP contribution in [0.25, 0.3) is 0 Å². The highest BCUT2D eigenvalue weighted by Gasteiger charge is 2.23. The van der Waals surface area contributed by atoms with Crippen LogP contribution < -0.4 is 10.1 Å². The summed E-state index contributed by atoms with van der Waals surface area (Å²) in [6.07, 6.45) is 4.15. The predicted molar refractivity (Wildman–Crippen MR) is 98.4 cm³/mol. The van der Waals surface area contributed by atoms with Gasteiger partial charge in [0.2, 0.25) is 5.91 Å². The van der Waals surface area contributed by atoms with E-state index in [-0.39, 0.29) is 5.91 Å². The Bertz CT molecular complexity index is 493. The number of ether oxygens (including phenoxy) is 1. The zero-order valence-corrected chi connectivity index (χ0v) is 15.4. The van der Waals surface area contributed by atoms with Crippen LogP contribution in [0.5, 0.6) is 5.75 Å². The number of amides is 1. The molecule has 1 aromatic rings. The molecule has 1 N–H and O–H groups in total. The van der Waals surface area contributed by atoms with Crippen molar-refractivity contribution in [1.82, 2.24) is 10.2 Å². The molecule has 0 aromatic heterocycles. The summed E-state index contributed by atoms with van der Waals surface area (Å²) in [6, 6.07) is 8.26. The Morgan fingerprint density at radius 1 is 1.21 bits per heavy atom. The van der Waals surface area contributed by atoms with Gasteiger partial charge < -0.3 is 10.1 Å². The molecule has 4 nitrogen and oxygen atoms in total. The zero-order valence-electron chi connectivity index (χ0n) is 15.4. The smallest absolute Gasteiger partial charge is 0.224 e. The van der Waals surface area contributed by atoms with Gasteiger partial charge in [-0.15, -0.1) is 0 Å². The van der Waals surface area contributed by atoms with Gasteiger partial charge in [0.05, 0.1) is 13.0 Å². The molecular weight excluding hydrogens is 300 g/mol. The average molecular weight is 332 g/mol. The van der Waals surface area contributed by atoms with Crippen molar-refractivity contribution in [2.75, 3.05) is 26.2 Å². The zero-order chi connectivity index (χ0) is 17.4. The lowest BCUT2D eigenvalue weighted by Crippen LogP contribution is -2.43. The summed E-state index contributed by atoms with van der Waals surface area (Å²) < 4.78 is 5.43. The molecule has 24 heavy (non-hydrogen) atoms. The Morgan fingerprint density at radius 3 is 2.46 bits per heavy atom. The molecule has 1 heterocycles. The lowest BCUT2D eigenvalue weighted by atomic mass is 10.0. The maximum absolute atomic E-state index is 12.3. The predicted octanol–water partition coefficient (Wildman–Crippen LogP) is 3.25. The Kier molecular flexibility index (Phi) is 7.57. The van der Waals surface area contributed by atoms with Crippen molar-refractivity contribution in [3.05, 3.63) is 29.8 Å². The van der Waals surface area contributed by atoms with E-state index in [0.29, 0.717) is 25.0 Å². The summed E-state index contributed by atoms with van der Waals surface area (Å²) in [5.41, 5.74) is 1.03. The molecule has 1 aromatic carbocycles. The van der Waals surface area contributed by atoms with Crippen molar-refractivity contribution in [3.63, 3.8) is 0 Å². The quantitative estimate of drug-likeness (QED) is 0.755. The first-order valence-electron chi connectivity index (χ1n) is 9.31. The van der Waals surface area contributed by atoms with E-state index in [2.05, 4.69) is 24.1 Å². The molecule has 1 atom stereocenters. The first-order valence-corrected chi connectivity index (χ1v) is 9.31. The first-order chi connectivity index (χ1) is 11.6. The van der Waals surface area contributed by atoms with Crippen molar-refractivity contribution in [2.45, 2.75) is 52.5 Å². The molecule has 0 saturated carbocycles. The van der Waals surface area contributed by atoms with E-state index in [0.717, 1.165) is 24.3 Å². The van der Waals surface area contributed by atoms with Gasteiger partial charge in [0.25, 0.3) is 0 Å². The second-order valence-electron chi connectivity index (χ2n) is 7.08. The molecule has 0 bridgehead atoms. The van der Waals surface area contributed by atoms with Gasteiger partial charge >= 0.3 is 0 Å². The molecule has 1 aliphatic heterocycles. The molecule has 1 fully saturated rings. The molecule has 0 aliphatic carbocycles. The van der Waals surface area contributed by atoms with E-state index in [4.69, 9.17) is 4.74 Å². The Labute approximate surface area is 146 Å². The van der Waals surface area contributed by atoms with Gasteiger partial charge in [0.15, 0.2) is 0 Å². The minimum absolute atomic E-state index is 0.104. The monoisotopic (exact) mass is 332 g/mol. The van der Waals surface area contributed by atoms with Crippen molar-refractivity contribution in [1.29, 1.82) is 0 Å². The number of benzene rings is 1. The van der Waals surface area contributed by atoms with Crippen molar-refractivity contribution in [2.24, 2.45) is 5.92 Å². The Balaban J connectivity index is 1.81. The topological polar surface area (TPSA) is 41.6 Å². The molecule has 0 spiro atoms. The van der Waals surface area contributed by atoms with Crippen LogP contribution in [0.1, 0.15) is 45.6 Å². The van der Waals surface area contributed by atoms with Crippen LogP contribution in [-0.4, -0.2) is 43.1 Å². The van der Waals surface area contributed by atoms with Crippen LogP contribution in [0.15, 0.2) is 24.3 Å². The summed E-state index contributed by atoms with van der Waals surface area (Å²) in [6.45, 7) is 10.2. The van der Waals surface area contributed by atoms with Gasteiger partial charge in [-0.25, -0.2) is 0 Å². The van der Waals surface area contributed by atoms with E-state index in [1.165, 1.54) is 25.9 Å². The molecule has 1 unspecified atom stereocenters. The maximum atomic E-state index is 12.3. The highest BCUT2D eigenvalue weighted by atomic mass is 16.5. The van der Waals surface area contributed by atoms with Gasteiger partial charge in [0, 0.05) is 12.6 Å². The second kappa shape index (κ2) is 9.67. The number of hydrogen-bond acceptors (Lipinski definition) is 3. The van der Waals surface area contributed by atoms with Crippen molar-refractivity contribution < 1.29 is 9.53 Å². The molecular formula is C20H32N2O2. The molecule has 134 valence electrons. The molecule has 0 radical (unpaired) electrons. The number of hydrogen-bond donors (Lipinski definition) is 1. The van der Waals surface area contributed by atoms with Crippen LogP contribution >= 0.6 is 0 Å². The highest BCUT2D eigenvalue weighted by molar-refractivity contribution is 5.78. The number of carbonyl (C=O) groups is 1. The summed E-state index contributed by atoms with van der Waals surface area (Å²) in [5.74, 6) is 1.61. The summed E-state index contributed by atoms with van der Waals surface area (Å²) in [4.78, 5) is 14.8. The molecule has 1 aliphatic rings. The normalized spacial score (nSPS) is 16.3. The van der Waals surface area contributed by atoms with E-state index in [1.807, 2.05) is 31.2 Å². The van der Waals surface area contributed by atoms with Crippen LogP contribution in [0.4, 0.5) is 0 Å². The fraction of sp³-hybridized carbons (Fsp3) is 0.650. The summed E-state index contributed by atoms with van der Waals surface area (Å²) in [5, 5.41) is 3.14. The van der Waals surface area contributed by atoms with Crippen LogP contribution in [-0.2, 0) is 11.2 Å². The van der Waals surface area contributed by atoms with Crippen molar-refractivity contribution >= 4 is 5.91 Å². The minimum atomic E-state index is 0.104. The Morgan fingerprint density at radius 2 is 1.88 bits per heavy atom. The van der Waals surface area contributed by atoms with Gasteiger partial charge in [-0.05, 0) is 62.9 Å². The Hall–Kier alpha value is -1.55. The van der Waals surface area contributed by atoms with Gasteiger partial charge in [-0.1, -0.05) is 26.0 Å². The van der Waals surface area contributed by atoms with Crippen molar-refractivity contribution in [3.8, 4) is 5.75 Å². The fourth-order valence-electron chi connectivity index (χ4n) is 3.36. The average Bonchev–Trinajstić information content (AvgIpc) is 3.07. The minimum Gasteiger partial charge on any atom is -0.494 e. The number of carbonyl (C=O) groups excluding carboxylic acids is 1. The van der Waals surface area contributed by atoms with Gasteiger partial charge in [-0.2, -0.15) is 0 Å². The fourth-order valence-corrected chi connectivity index (χ4v) is 3.36. The summed E-state index contributed by atoms with van der Waals surface area (Å²) >= 11 is 0. The molecule has 4 heteroatoms. The SMILES string of the molecule is CCOc1ccc(CC(=O)NCC(CC(C)C)N2CCCC2)cc1. The van der Waals surface area contributed by atoms with E-state index < -0.39 is 0 Å². The first kappa shape index (κ1) is 18.8. The second-order valence-corrected chi connectivity index (χ2v) is 7.08. The van der Waals surface area contributed by atoms with Crippen LogP contribution in [0.2, 0.25) is 0 Å². The van der Waals surface area contributed by atoms with Gasteiger partial charge in [0.1, 0.15) is 5.75 Å². The lowest BCUT2D eigenvalue weighted by Gasteiger charge is -2.29. The van der Waals surface area contributed by atoms with E-state index in [9.17, 15) is 4.79 Å². The number of nitrogens with one attached hydrogen (secondary N) is 1. The number of likely N-dealkylation sites (tertiary alicyclic amines) is 1.